The van der Waals surface area contributed by atoms with Crippen molar-refractivity contribution in [3.05, 3.63) is 21.3 Å². The fraction of sp³-hybridized carbons (Fsp3) is 0.500. The number of rotatable bonds is 4. The van der Waals surface area contributed by atoms with Crippen LogP contribution in [0, 0.1) is 5.41 Å². The number of hydrogen-bond acceptors (Lipinski definition) is 4. The van der Waals surface area contributed by atoms with E-state index in [1.807, 2.05) is 13.0 Å². The summed E-state index contributed by atoms with van der Waals surface area (Å²) in [5.74, 6) is -0.196. The summed E-state index contributed by atoms with van der Waals surface area (Å²) in [7, 11) is 0. The van der Waals surface area contributed by atoms with Crippen LogP contribution >= 0.6 is 22.9 Å². The predicted octanol–water partition coefficient (Wildman–Crippen LogP) is 2.50. The number of amidine groups is 1. The average Bonchev–Trinajstić information content (AvgIpc) is 2.74. The molecule has 1 amide bonds. The van der Waals surface area contributed by atoms with Crippen LogP contribution in [0.3, 0.4) is 0 Å². The predicted molar refractivity (Wildman–Crippen MR) is 75.6 cm³/mol. The quantitative estimate of drug-likeness (QED) is 0.345. The summed E-state index contributed by atoms with van der Waals surface area (Å²) in [6.07, 6.45) is 2.14. The van der Waals surface area contributed by atoms with Crippen LogP contribution in [0.4, 0.5) is 0 Å². The van der Waals surface area contributed by atoms with Crippen molar-refractivity contribution in [1.82, 2.24) is 5.32 Å². The zero-order chi connectivity index (χ0) is 14.0. The van der Waals surface area contributed by atoms with Crippen molar-refractivity contribution >= 4 is 34.7 Å². The standard InChI is InChI=1S/C12H16ClN3O2S/c1-7(8-3-4-9(13)19-8)15-11(17)12(5-2-6-12)10(14)16-18/h3-4,7,18H,2,5-6H2,1H3,(H2,14,16)(H,15,17). The van der Waals surface area contributed by atoms with Crippen LogP contribution in [0.15, 0.2) is 17.3 Å². The van der Waals surface area contributed by atoms with Gasteiger partial charge in [0.05, 0.1) is 10.4 Å². The highest BCUT2D eigenvalue weighted by atomic mass is 35.5. The smallest absolute Gasteiger partial charge is 0.234 e. The molecule has 2 rings (SSSR count). The Bertz CT molecular complexity index is 511. The third kappa shape index (κ3) is 2.55. The largest absolute Gasteiger partial charge is 0.409 e. The maximum Gasteiger partial charge on any atom is 0.234 e. The second-order valence-corrected chi connectivity index (χ2v) is 6.50. The van der Waals surface area contributed by atoms with Crippen LogP contribution in [0.5, 0.6) is 0 Å². The second kappa shape index (κ2) is 5.38. The number of thiophene rings is 1. The fourth-order valence-corrected chi connectivity index (χ4v) is 3.26. The summed E-state index contributed by atoms with van der Waals surface area (Å²) in [6.45, 7) is 1.89. The first-order chi connectivity index (χ1) is 8.99. The Morgan fingerprint density at radius 3 is 2.74 bits per heavy atom. The van der Waals surface area contributed by atoms with Crippen molar-refractivity contribution in [1.29, 1.82) is 0 Å². The van der Waals surface area contributed by atoms with Crippen LogP contribution in [0.25, 0.3) is 0 Å². The molecule has 4 N–H and O–H groups in total. The molecule has 1 aromatic rings. The Labute approximate surface area is 120 Å². The minimum absolute atomic E-state index is 0.00679. The number of nitrogens with one attached hydrogen (secondary N) is 1. The molecule has 1 fully saturated rings. The normalized spacial score (nSPS) is 19.6. The Kier molecular flexibility index (Phi) is 4.01. The molecule has 1 saturated carbocycles. The lowest BCUT2D eigenvalue weighted by atomic mass is 9.67. The molecule has 19 heavy (non-hydrogen) atoms. The Hall–Kier alpha value is -1.27. The van der Waals surface area contributed by atoms with Crippen LogP contribution in [-0.4, -0.2) is 17.0 Å². The Morgan fingerprint density at radius 1 is 1.63 bits per heavy atom. The summed E-state index contributed by atoms with van der Waals surface area (Å²) in [4.78, 5) is 13.3. The lowest BCUT2D eigenvalue weighted by molar-refractivity contribution is -0.131. The first-order valence-corrected chi connectivity index (χ1v) is 7.23. The van der Waals surface area contributed by atoms with Gasteiger partial charge in [0.1, 0.15) is 5.41 Å². The Balaban J connectivity index is 2.08. The molecule has 1 unspecified atom stereocenters. The third-order valence-corrected chi connectivity index (χ3v) is 5.02. The molecule has 0 radical (unpaired) electrons. The zero-order valence-corrected chi connectivity index (χ0v) is 12.1. The van der Waals surface area contributed by atoms with Gasteiger partial charge in [-0.15, -0.1) is 11.3 Å². The van der Waals surface area contributed by atoms with Gasteiger partial charge in [0, 0.05) is 4.88 Å². The zero-order valence-electron chi connectivity index (χ0n) is 10.5. The number of nitrogens with zero attached hydrogens (tertiary/aromatic N) is 1. The summed E-state index contributed by atoms with van der Waals surface area (Å²) in [6, 6.07) is 3.54. The van der Waals surface area contributed by atoms with Gasteiger partial charge >= 0.3 is 0 Å². The molecular weight excluding hydrogens is 286 g/mol. The van der Waals surface area contributed by atoms with Gasteiger partial charge < -0.3 is 16.3 Å². The second-order valence-electron chi connectivity index (χ2n) is 4.76. The topological polar surface area (TPSA) is 87.7 Å². The molecular formula is C12H16ClN3O2S. The van der Waals surface area contributed by atoms with Crippen LogP contribution in [0.2, 0.25) is 4.34 Å². The first kappa shape index (κ1) is 14.1. The van der Waals surface area contributed by atoms with E-state index in [2.05, 4.69) is 10.5 Å². The molecule has 1 heterocycles. The van der Waals surface area contributed by atoms with Gasteiger partial charge in [-0.05, 0) is 31.9 Å². The lowest BCUT2D eigenvalue weighted by Gasteiger charge is -2.39. The molecule has 0 bridgehead atoms. The number of hydrogen-bond donors (Lipinski definition) is 3. The van der Waals surface area contributed by atoms with Gasteiger partial charge in [0.25, 0.3) is 0 Å². The Morgan fingerprint density at radius 2 is 2.32 bits per heavy atom. The van der Waals surface area contributed by atoms with Crippen molar-refractivity contribution in [2.45, 2.75) is 32.2 Å². The van der Waals surface area contributed by atoms with Gasteiger partial charge in [-0.2, -0.15) is 0 Å². The number of amides is 1. The van der Waals surface area contributed by atoms with Crippen LogP contribution in [0.1, 0.15) is 37.1 Å². The highest BCUT2D eigenvalue weighted by Crippen LogP contribution is 2.42. The van der Waals surface area contributed by atoms with Crippen molar-refractivity contribution in [3.63, 3.8) is 0 Å². The van der Waals surface area contributed by atoms with E-state index in [1.165, 1.54) is 11.3 Å². The minimum atomic E-state index is -0.843. The molecule has 1 atom stereocenters. The number of carbonyl (C=O) groups is 1. The van der Waals surface area contributed by atoms with E-state index in [-0.39, 0.29) is 17.8 Å². The third-order valence-electron chi connectivity index (χ3n) is 3.61. The molecule has 1 aromatic heterocycles. The van der Waals surface area contributed by atoms with Crippen molar-refractivity contribution < 1.29 is 10.0 Å². The molecule has 0 aromatic carbocycles. The SMILES string of the molecule is CC(NC(=O)C1(/C(N)=N/O)CCC1)c1ccc(Cl)s1. The molecule has 7 heteroatoms. The van der Waals surface area contributed by atoms with E-state index in [4.69, 9.17) is 22.5 Å². The summed E-state index contributed by atoms with van der Waals surface area (Å²) in [5.41, 5.74) is 4.81. The van der Waals surface area contributed by atoms with Gasteiger partial charge in [-0.1, -0.05) is 23.2 Å². The number of nitrogens with two attached hydrogens (primary N) is 1. The van der Waals surface area contributed by atoms with E-state index in [0.29, 0.717) is 17.2 Å². The first-order valence-electron chi connectivity index (χ1n) is 6.04. The van der Waals surface area contributed by atoms with Gasteiger partial charge in [-0.25, -0.2) is 0 Å². The van der Waals surface area contributed by atoms with Crippen LogP contribution < -0.4 is 11.1 Å². The number of oxime groups is 1. The van der Waals surface area contributed by atoms with Crippen molar-refractivity contribution in [2.24, 2.45) is 16.3 Å². The molecule has 1 aliphatic carbocycles. The molecule has 0 saturated heterocycles. The molecule has 0 spiro atoms. The van der Waals surface area contributed by atoms with Gasteiger partial charge in [0.2, 0.25) is 5.91 Å². The minimum Gasteiger partial charge on any atom is -0.409 e. The number of halogens is 1. The van der Waals surface area contributed by atoms with Gasteiger partial charge in [0.15, 0.2) is 5.84 Å². The van der Waals surface area contributed by atoms with Crippen LogP contribution in [-0.2, 0) is 4.79 Å². The lowest BCUT2D eigenvalue weighted by Crippen LogP contribution is -2.54. The van der Waals surface area contributed by atoms with Crippen molar-refractivity contribution in [2.75, 3.05) is 0 Å². The molecule has 5 nitrogen and oxygen atoms in total. The van der Waals surface area contributed by atoms with E-state index >= 15 is 0 Å². The number of carbonyl (C=O) groups excluding carboxylic acids is 1. The van der Waals surface area contributed by atoms with E-state index in [0.717, 1.165) is 11.3 Å². The molecule has 104 valence electrons. The molecule has 0 aliphatic heterocycles. The average molecular weight is 302 g/mol. The monoisotopic (exact) mass is 301 g/mol. The van der Waals surface area contributed by atoms with E-state index in [1.54, 1.807) is 6.07 Å². The fourth-order valence-electron chi connectivity index (χ4n) is 2.19. The maximum atomic E-state index is 12.3. The highest BCUT2D eigenvalue weighted by Gasteiger charge is 2.48. The summed E-state index contributed by atoms with van der Waals surface area (Å²) >= 11 is 7.30. The summed E-state index contributed by atoms with van der Waals surface area (Å²) < 4.78 is 0.686. The maximum absolute atomic E-state index is 12.3. The van der Waals surface area contributed by atoms with E-state index in [9.17, 15) is 4.79 Å². The highest BCUT2D eigenvalue weighted by molar-refractivity contribution is 7.16. The van der Waals surface area contributed by atoms with Gasteiger partial charge in [-0.3, -0.25) is 4.79 Å². The van der Waals surface area contributed by atoms with Crippen molar-refractivity contribution in [3.8, 4) is 0 Å². The molecule has 1 aliphatic rings. The summed E-state index contributed by atoms with van der Waals surface area (Å²) in [5, 5.41) is 14.7. The van der Waals surface area contributed by atoms with E-state index < -0.39 is 5.41 Å².